The average Bonchev–Trinajstić information content (AvgIpc) is 2.35. The van der Waals surface area contributed by atoms with Crippen molar-refractivity contribution in [2.45, 2.75) is 52.9 Å². The minimum Gasteiger partial charge on any atom is -0.496 e. The van der Waals surface area contributed by atoms with Crippen molar-refractivity contribution in [2.75, 3.05) is 14.2 Å². The number of hydrogen-bond donors (Lipinski definition) is 0. The normalized spacial score (nSPS) is 11.2. The Hall–Kier alpha value is -1.18. The molecule has 0 bridgehead atoms. The Morgan fingerprint density at radius 3 is 1.94 bits per heavy atom. The highest BCUT2D eigenvalue weighted by Gasteiger charge is 2.21. The standard InChI is InChI=1S/C16H26O2/c1-8-12-13(10(2)3)9-14(17-6)15(11(4)5)16(12)18-7/h9-11H,8H2,1-7H3. The third-order valence-corrected chi connectivity index (χ3v) is 3.40. The molecule has 0 saturated carbocycles. The predicted molar refractivity (Wildman–Crippen MR) is 77.1 cm³/mol. The van der Waals surface area contributed by atoms with E-state index in [0.29, 0.717) is 11.8 Å². The average molecular weight is 250 g/mol. The first-order chi connectivity index (χ1) is 8.47. The molecule has 1 aromatic rings. The molecule has 0 aliphatic carbocycles. The lowest BCUT2D eigenvalue weighted by Gasteiger charge is -2.23. The van der Waals surface area contributed by atoms with E-state index in [1.165, 1.54) is 16.7 Å². The number of hydrogen-bond acceptors (Lipinski definition) is 2. The van der Waals surface area contributed by atoms with Crippen LogP contribution >= 0.6 is 0 Å². The van der Waals surface area contributed by atoms with Gasteiger partial charge in [-0.2, -0.15) is 0 Å². The third-order valence-electron chi connectivity index (χ3n) is 3.40. The zero-order valence-corrected chi connectivity index (χ0v) is 12.8. The summed E-state index contributed by atoms with van der Waals surface area (Å²) in [6.07, 6.45) is 0.987. The van der Waals surface area contributed by atoms with Crippen LogP contribution in [-0.2, 0) is 6.42 Å². The second kappa shape index (κ2) is 6.12. The van der Waals surface area contributed by atoms with Crippen molar-refractivity contribution >= 4 is 0 Å². The zero-order valence-electron chi connectivity index (χ0n) is 12.8. The van der Waals surface area contributed by atoms with E-state index in [-0.39, 0.29) is 0 Å². The van der Waals surface area contributed by atoms with E-state index in [9.17, 15) is 0 Å². The molecule has 0 aromatic heterocycles. The van der Waals surface area contributed by atoms with Gasteiger partial charge in [-0.15, -0.1) is 0 Å². The van der Waals surface area contributed by atoms with Crippen LogP contribution in [-0.4, -0.2) is 14.2 Å². The Balaban J connectivity index is 3.62. The maximum atomic E-state index is 5.68. The molecule has 18 heavy (non-hydrogen) atoms. The highest BCUT2D eigenvalue weighted by atomic mass is 16.5. The summed E-state index contributed by atoms with van der Waals surface area (Å²) in [4.78, 5) is 0. The Kier molecular flexibility index (Phi) is 5.06. The fourth-order valence-electron chi connectivity index (χ4n) is 2.54. The van der Waals surface area contributed by atoms with Crippen LogP contribution in [0.3, 0.4) is 0 Å². The van der Waals surface area contributed by atoms with E-state index in [2.05, 4.69) is 40.7 Å². The highest BCUT2D eigenvalue weighted by Crippen LogP contribution is 2.42. The van der Waals surface area contributed by atoms with Gasteiger partial charge in [0, 0.05) is 5.56 Å². The molecule has 2 nitrogen and oxygen atoms in total. The van der Waals surface area contributed by atoms with Gasteiger partial charge < -0.3 is 9.47 Å². The molecule has 1 aromatic carbocycles. The van der Waals surface area contributed by atoms with Gasteiger partial charge in [-0.3, -0.25) is 0 Å². The summed E-state index contributed by atoms with van der Waals surface area (Å²) >= 11 is 0. The number of rotatable bonds is 5. The molecule has 0 aliphatic heterocycles. The van der Waals surface area contributed by atoms with Gasteiger partial charge in [0.25, 0.3) is 0 Å². The van der Waals surface area contributed by atoms with Crippen LogP contribution in [0.2, 0.25) is 0 Å². The number of ether oxygens (including phenoxy) is 2. The van der Waals surface area contributed by atoms with Gasteiger partial charge in [0.2, 0.25) is 0 Å². The molecule has 0 fully saturated rings. The summed E-state index contributed by atoms with van der Waals surface area (Å²) in [6.45, 7) is 11.0. The van der Waals surface area contributed by atoms with Crippen molar-refractivity contribution in [3.8, 4) is 11.5 Å². The molecular formula is C16H26O2. The Bertz CT molecular complexity index is 406. The maximum absolute atomic E-state index is 5.68. The van der Waals surface area contributed by atoms with E-state index < -0.39 is 0 Å². The summed E-state index contributed by atoms with van der Waals surface area (Å²) in [6, 6.07) is 2.18. The lowest BCUT2D eigenvalue weighted by Crippen LogP contribution is -2.06. The summed E-state index contributed by atoms with van der Waals surface area (Å²) in [7, 11) is 3.49. The SMILES string of the molecule is CCc1c(C(C)C)cc(OC)c(C(C)C)c1OC. The second-order valence-corrected chi connectivity index (χ2v) is 5.26. The van der Waals surface area contributed by atoms with Crippen molar-refractivity contribution < 1.29 is 9.47 Å². The molecule has 0 amide bonds. The molecule has 0 atom stereocenters. The van der Waals surface area contributed by atoms with Crippen molar-refractivity contribution in [3.05, 3.63) is 22.8 Å². The Morgan fingerprint density at radius 2 is 1.61 bits per heavy atom. The minimum absolute atomic E-state index is 0.390. The van der Waals surface area contributed by atoms with Crippen LogP contribution in [0.5, 0.6) is 11.5 Å². The smallest absolute Gasteiger partial charge is 0.129 e. The van der Waals surface area contributed by atoms with Crippen molar-refractivity contribution in [1.29, 1.82) is 0 Å². The van der Waals surface area contributed by atoms with E-state index in [4.69, 9.17) is 9.47 Å². The van der Waals surface area contributed by atoms with Crippen molar-refractivity contribution in [1.82, 2.24) is 0 Å². The van der Waals surface area contributed by atoms with Gasteiger partial charge in [-0.05, 0) is 35.4 Å². The van der Waals surface area contributed by atoms with Gasteiger partial charge in [0.15, 0.2) is 0 Å². The van der Waals surface area contributed by atoms with E-state index in [1.54, 1.807) is 14.2 Å². The lowest BCUT2D eigenvalue weighted by atomic mass is 9.88. The lowest BCUT2D eigenvalue weighted by molar-refractivity contribution is 0.377. The molecule has 0 unspecified atom stereocenters. The van der Waals surface area contributed by atoms with E-state index in [1.807, 2.05) is 0 Å². The van der Waals surface area contributed by atoms with E-state index >= 15 is 0 Å². The van der Waals surface area contributed by atoms with Gasteiger partial charge >= 0.3 is 0 Å². The molecule has 0 spiro atoms. The summed E-state index contributed by atoms with van der Waals surface area (Å²) in [5.41, 5.74) is 3.83. The molecule has 0 saturated heterocycles. The Morgan fingerprint density at radius 1 is 1.00 bits per heavy atom. The topological polar surface area (TPSA) is 18.5 Å². The quantitative estimate of drug-likeness (QED) is 0.765. The van der Waals surface area contributed by atoms with Crippen LogP contribution in [0, 0.1) is 0 Å². The maximum Gasteiger partial charge on any atom is 0.129 e. The van der Waals surface area contributed by atoms with Crippen LogP contribution in [0.4, 0.5) is 0 Å². The highest BCUT2D eigenvalue weighted by molar-refractivity contribution is 5.56. The number of methoxy groups -OCH3 is 2. The zero-order chi connectivity index (χ0) is 13.9. The first-order valence-electron chi connectivity index (χ1n) is 6.75. The number of benzene rings is 1. The fourth-order valence-corrected chi connectivity index (χ4v) is 2.54. The van der Waals surface area contributed by atoms with Gasteiger partial charge in [-0.25, -0.2) is 0 Å². The van der Waals surface area contributed by atoms with E-state index in [0.717, 1.165) is 17.9 Å². The van der Waals surface area contributed by atoms with Crippen LogP contribution in [0.25, 0.3) is 0 Å². The molecule has 0 N–H and O–H groups in total. The van der Waals surface area contributed by atoms with Crippen molar-refractivity contribution in [3.63, 3.8) is 0 Å². The van der Waals surface area contributed by atoms with Crippen LogP contribution < -0.4 is 9.47 Å². The minimum atomic E-state index is 0.390. The predicted octanol–water partition coefficient (Wildman–Crippen LogP) is 4.51. The summed E-state index contributed by atoms with van der Waals surface area (Å²) in [5.74, 6) is 2.82. The van der Waals surface area contributed by atoms with Gasteiger partial charge in [-0.1, -0.05) is 34.6 Å². The molecule has 1 rings (SSSR count). The largest absolute Gasteiger partial charge is 0.496 e. The van der Waals surface area contributed by atoms with Crippen molar-refractivity contribution in [2.24, 2.45) is 0 Å². The monoisotopic (exact) mass is 250 g/mol. The molecule has 0 heterocycles. The third kappa shape index (κ3) is 2.63. The van der Waals surface area contributed by atoms with Gasteiger partial charge in [0.05, 0.1) is 14.2 Å². The summed E-state index contributed by atoms with van der Waals surface area (Å²) in [5, 5.41) is 0. The molecular weight excluding hydrogens is 224 g/mol. The fraction of sp³-hybridized carbons (Fsp3) is 0.625. The van der Waals surface area contributed by atoms with Crippen LogP contribution in [0.1, 0.15) is 63.1 Å². The molecule has 2 heteroatoms. The second-order valence-electron chi connectivity index (χ2n) is 5.26. The first-order valence-corrected chi connectivity index (χ1v) is 6.75. The molecule has 102 valence electrons. The summed E-state index contributed by atoms with van der Waals surface area (Å²) < 4.78 is 11.2. The Labute approximate surface area is 111 Å². The van der Waals surface area contributed by atoms with Crippen LogP contribution in [0.15, 0.2) is 6.07 Å². The molecule has 0 radical (unpaired) electrons. The van der Waals surface area contributed by atoms with Gasteiger partial charge in [0.1, 0.15) is 11.5 Å². The molecule has 0 aliphatic rings. The first kappa shape index (κ1) is 14.9.